The van der Waals surface area contributed by atoms with Crippen LogP contribution in [0.25, 0.3) is 71.4 Å². The molecule has 0 saturated heterocycles. The highest BCUT2D eigenvalue weighted by molar-refractivity contribution is 7.26. The molecule has 2 nitrogen and oxygen atoms in total. The molecule has 0 N–H and O–H groups in total. The van der Waals surface area contributed by atoms with Crippen LogP contribution in [0, 0.1) is 0 Å². The molecule has 4 heterocycles. The third-order valence-electron chi connectivity index (χ3n) is 8.68. The Morgan fingerprint density at radius 2 is 0.977 bits per heavy atom. The lowest BCUT2D eigenvalue weighted by Crippen LogP contribution is -2.11. The standard InChI is InChI=1S/C39H22N2S3/c1-2-8-26-23(7-1)13-16-29-30-17-20-37(40-39(30)44-38(26)29)41(24-14-18-35-31(21-24)27-9-3-5-11-33(27)42-35)25-15-19-36-32(22-25)28-10-4-6-12-34(28)43-36/h1-22H. The van der Waals surface area contributed by atoms with Gasteiger partial charge in [-0.25, -0.2) is 4.98 Å². The molecule has 0 unspecified atom stereocenters. The molecule has 44 heavy (non-hydrogen) atoms. The molecular weight excluding hydrogens is 593 g/mol. The van der Waals surface area contributed by atoms with Crippen molar-refractivity contribution in [2.24, 2.45) is 0 Å². The minimum Gasteiger partial charge on any atom is -0.295 e. The number of anilines is 3. The van der Waals surface area contributed by atoms with Gasteiger partial charge in [-0.2, -0.15) is 0 Å². The van der Waals surface area contributed by atoms with E-state index in [1.165, 1.54) is 66.6 Å². The quantitative estimate of drug-likeness (QED) is 0.197. The highest BCUT2D eigenvalue weighted by atomic mass is 32.1. The summed E-state index contributed by atoms with van der Waals surface area (Å²) in [6.45, 7) is 0. The summed E-state index contributed by atoms with van der Waals surface area (Å²) in [6.07, 6.45) is 0. The summed E-state index contributed by atoms with van der Waals surface area (Å²) < 4.78 is 6.53. The average Bonchev–Trinajstić information content (AvgIpc) is 3.75. The Hall–Kier alpha value is -4.81. The fourth-order valence-electron chi connectivity index (χ4n) is 6.62. The van der Waals surface area contributed by atoms with E-state index in [9.17, 15) is 0 Å². The molecule has 5 heteroatoms. The van der Waals surface area contributed by atoms with Gasteiger partial charge in [-0.3, -0.25) is 4.90 Å². The van der Waals surface area contributed by atoms with Crippen molar-refractivity contribution in [2.45, 2.75) is 0 Å². The van der Waals surface area contributed by atoms with Gasteiger partial charge in [-0.1, -0.05) is 72.8 Å². The van der Waals surface area contributed by atoms with E-state index in [1.54, 1.807) is 11.3 Å². The minimum atomic E-state index is 0.922. The Morgan fingerprint density at radius 3 is 1.66 bits per heavy atom. The molecule has 0 aliphatic rings. The molecule has 10 aromatic rings. The Kier molecular flexibility index (Phi) is 5.23. The molecule has 0 amide bonds. The van der Waals surface area contributed by atoms with Crippen LogP contribution in [0.3, 0.4) is 0 Å². The molecule has 0 fully saturated rings. The number of hydrogen-bond donors (Lipinski definition) is 0. The van der Waals surface area contributed by atoms with Crippen molar-refractivity contribution >= 4 is 123 Å². The van der Waals surface area contributed by atoms with Gasteiger partial charge in [-0.05, 0) is 71.4 Å². The third-order valence-corrected chi connectivity index (χ3v) is 12.1. The number of fused-ring (bicyclic) bond motifs is 11. The largest absolute Gasteiger partial charge is 0.295 e. The summed E-state index contributed by atoms with van der Waals surface area (Å²) in [5, 5.41) is 10.2. The van der Waals surface area contributed by atoms with Gasteiger partial charge in [-0.15, -0.1) is 34.0 Å². The Balaban J connectivity index is 1.23. The Bertz CT molecular complexity index is 2630. The molecule has 0 radical (unpaired) electrons. The summed E-state index contributed by atoms with van der Waals surface area (Å²) in [5.74, 6) is 0.922. The summed E-state index contributed by atoms with van der Waals surface area (Å²) >= 11 is 5.49. The molecule has 4 aromatic heterocycles. The first-order valence-electron chi connectivity index (χ1n) is 14.6. The number of thiophene rings is 3. The van der Waals surface area contributed by atoms with E-state index in [-0.39, 0.29) is 0 Å². The van der Waals surface area contributed by atoms with E-state index in [1.807, 2.05) is 22.7 Å². The fourth-order valence-corrected chi connectivity index (χ4v) is 10.00. The van der Waals surface area contributed by atoms with Gasteiger partial charge in [0.15, 0.2) is 0 Å². The maximum atomic E-state index is 5.38. The topological polar surface area (TPSA) is 16.1 Å². The van der Waals surface area contributed by atoms with Crippen LogP contribution in [0.4, 0.5) is 17.2 Å². The lowest BCUT2D eigenvalue weighted by Gasteiger charge is -2.24. The maximum absolute atomic E-state index is 5.38. The first kappa shape index (κ1) is 24.6. The van der Waals surface area contributed by atoms with Gasteiger partial charge in [0, 0.05) is 67.2 Å². The van der Waals surface area contributed by atoms with Crippen LogP contribution < -0.4 is 4.90 Å². The number of rotatable bonds is 3. The van der Waals surface area contributed by atoms with Gasteiger partial charge in [0.05, 0.1) is 0 Å². The van der Waals surface area contributed by atoms with Crippen molar-refractivity contribution in [1.29, 1.82) is 0 Å². The molecule has 6 aromatic carbocycles. The summed E-state index contributed by atoms with van der Waals surface area (Å²) in [7, 11) is 0. The van der Waals surface area contributed by atoms with E-state index >= 15 is 0 Å². The van der Waals surface area contributed by atoms with E-state index < -0.39 is 0 Å². The van der Waals surface area contributed by atoms with Crippen molar-refractivity contribution in [3.8, 4) is 0 Å². The second kappa shape index (κ2) is 9.34. The first-order chi connectivity index (χ1) is 21.8. The highest BCUT2D eigenvalue weighted by Crippen LogP contribution is 2.44. The monoisotopic (exact) mass is 614 g/mol. The Labute approximate surface area is 264 Å². The maximum Gasteiger partial charge on any atom is 0.139 e. The number of aromatic nitrogens is 1. The SMILES string of the molecule is c1ccc2c(c1)ccc1c3ccc(N(c4ccc5sc6ccccc6c5c4)c4ccc5sc6ccccc6c5c4)nc3sc21. The van der Waals surface area contributed by atoms with E-state index in [2.05, 4.69) is 138 Å². The molecule has 0 atom stereocenters. The number of pyridine rings is 1. The summed E-state index contributed by atoms with van der Waals surface area (Å²) in [4.78, 5) is 8.77. The molecule has 0 aliphatic heterocycles. The van der Waals surface area contributed by atoms with Crippen LogP contribution in [0.5, 0.6) is 0 Å². The number of nitrogens with zero attached hydrogens (tertiary/aromatic N) is 2. The zero-order valence-electron chi connectivity index (χ0n) is 23.3. The van der Waals surface area contributed by atoms with Crippen LogP contribution >= 0.6 is 34.0 Å². The molecule has 0 spiro atoms. The Morgan fingerprint density at radius 1 is 0.409 bits per heavy atom. The number of hydrogen-bond acceptors (Lipinski definition) is 5. The predicted octanol–water partition coefficient (Wildman–Crippen LogP) is 12.8. The lowest BCUT2D eigenvalue weighted by atomic mass is 10.1. The van der Waals surface area contributed by atoms with Crippen molar-refractivity contribution in [3.05, 3.63) is 133 Å². The average molecular weight is 615 g/mol. The van der Waals surface area contributed by atoms with Gasteiger partial charge in [0.1, 0.15) is 10.6 Å². The molecule has 10 rings (SSSR count). The zero-order chi connectivity index (χ0) is 28.8. The van der Waals surface area contributed by atoms with Gasteiger partial charge < -0.3 is 0 Å². The van der Waals surface area contributed by atoms with Crippen LogP contribution in [0.15, 0.2) is 133 Å². The van der Waals surface area contributed by atoms with E-state index in [0.717, 1.165) is 22.0 Å². The third kappa shape index (κ3) is 3.61. The zero-order valence-corrected chi connectivity index (χ0v) is 25.8. The first-order valence-corrected chi connectivity index (χ1v) is 17.1. The molecule has 0 saturated carbocycles. The summed E-state index contributed by atoms with van der Waals surface area (Å²) in [5.41, 5.74) is 2.22. The summed E-state index contributed by atoms with van der Waals surface area (Å²) in [6, 6.07) is 48.7. The van der Waals surface area contributed by atoms with Crippen LogP contribution in [0.1, 0.15) is 0 Å². The van der Waals surface area contributed by atoms with Crippen LogP contribution in [0.2, 0.25) is 0 Å². The normalized spacial score (nSPS) is 12.1. The van der Waals surface area contributed by atoms with Crippen LogP contribution in [-0.2, 0) is 0 Å². The second-order valence-corrected chi connectivity index (χ2v) is 14.3. The highest BCUT2D eigenvalue weighted by Gasteiger charge is 2.19. The van der Waals surface area contributed by atoms with E-state index in [4.69, 9.17) is 4.98 Å². The van der Waals surface area contributed by atoms with E-state index in [0.29, 0.717) is 0 Å². The predicted molar refractivity (Wildman–Crippen MR) is 195 cm³/mol. The van der Waals surface area contributed by atoms with Crippen LogP contribution in [-0.4, -0.2) is 4.98 Å². The molecule has 206 valence electrons. The van der Waals surface area contributed by atoms with Crippen molar-refractivity contribution < 1.29 is 0 Å². The fraction of sp³-hybridized carbons (Fsp3) is 0. The van der Waals surface area contributed by atoms with Crippen molar-refractivity contribution in [2.75, 3.05) is 4.90 Å². The molecule has 0 aliphatic carbocycles. The van der Waals surface area contributed by atoms with Crippen molar-refractivity contribution in [1.82, 2.24) is 4.98 Å². The minimum absolute atomic E-state index is 0.922. The van der Waals surface area contributed by atoms with Gasteiger partial charge in [0.25, 0.3) is 0 Å². The van der Waals surface area contributed by atoms with Gasteiger partial charge >= 0.3 is 0 Å². The van der Waals surface area contributed by atoms with Crippen molar-refractivity contribution in [3.63, 3.8) is 0 Å². The molecular formula is C39H22N2S3. The molecule has 0 bridgehead atoms. The smallest absolute Gasteiger partial charge is 0.139 e. The van der Waals surface area contributed by atoms with Gasteiger partial charge in [0.2, 0.25) is 0 Å². The lowest BCUT2D eigenvalue weighted by molar-refractivity contribution is 1.22. The second-order valence-electron chi connectivity index (χ2n) is 11.2. The number of benzene rings is 6.